The first kappa shape index (κ1) is 15.0. The molecule has 1 atom stereocenters. The monoisotopic (exact) mass is 306 g/mol. The number of carbonyl (C=O) groups excluding carboxylic acids is 2. The van der Waals surface area contributed by atoms with E-state index < -0.39 is 0 Å². The number of amides is 2. The van der Waals surface area contributed by atoms with Crippen LogP contribution >= 0.6 is 0 Å². The lowest BCUT2D eigenvalue weighted by Gasteiger charge is -2.22. The van der Waals surface area contributed by atoms with E-state index in [1.807, 2.05) is 61.5 Å². The first-order valence-corrected chi connectivity index (χ1v) is 7.59. The van der Waals surface area contributed by atoms with Crippen molar-refractivity contribution in [1.82, 2.24) is 0 Å². The Bertz CT molecular complexity index is 753. The lowest BCUT2D eigenvalue weighted by atomic mass is 10.1. The Kier molecular flexibility index (Phi) is 4.24. The highest BCUT2D eigenvalue weighted by atomic mass is 16.2. The van der Waals surface area contributed by atoms with Crippen molar-refractivity contribution >= 4 is 29.3 Å². The molecule has 0 unspecified atom stereocenters. The molecule has 4 heteroatoms. The Labute approximate surface area is 135 Å². The van der Waals surface area contributed by atoms with Crippen LogP contribution in [0.15, 0.2) is 60.7 Å². The number of anilines is 2. The fourth-order valence-electron chi connectivity index (χ4n) is 2.56. The molecule has 3 rings (SSSR count). The van der Waals surface area contributed by atoms with Gasteiger partial charge in [0.15, 0.2) is 0 Å². The zero-order valence-electron chi connectivity index (χ0n) is 12.9. The zero-order chi connectivity index (χ0) is 16.2. The summed E-state index contributed by atoms with van der Waals surface area (Å²) in [6, 6.07) is 17.0. The molecule has 1 aliphatic rings. The van der Waals surface area contributed by atoms with E-state index in [1.54, 1.807) is 17.1 Å². The Balaban J connectivity index is 1.90. The van der Waals surface area contributed by atoms with Crippen LogP contribution in [0.5, 0.6) is 0 Å². The van der Waals surface area contributed by atoms with Gasteiger partial charge in [0.05, 0.1) is 17.3 Å². The highest BCUT2D eigenvalue weighted by Crippen LogP contribution is 2.30. The van der Waals surface area contributed by atoms with Gasteiger partial charge in [-0.15, -0.1) is 0 Å². The predicted molar refractivity (Wildman–Crippen MR) is 92.1 cm³/mol. The number of fused-ring (bicyclic) bond motifs is 1. The van der Waals surface area contributed by atoms with Gasteiger partial charge in [-0.3, -0.25) is 9.59 Å². The number of carbonyl (C=O) groups is 2. The van der Waals surface area contributed by atoms with Gasteiger partial charge in [0.1, 0.15) is 0 Å². The van der Waals surface area contributed by atoms with E-state index in [-0.39, 0.29) is 17.7 Å². The normalized spacial score (nSPS) is 17.5. The fourth-order valence-corrected chi connectivity index (χ4v) is 2.56. The molecule has 2 aromatic rings. The minimum atomic E-state index is -0.267. The van der Waals surface area contributed by atoms with E-state index in [1.165, 1.54) is 0 Å². The number of benzene rings is 2. The molecule has 2 aromatic carbocycles. The largest absolute Gasteiger partial charge is 0.324 e. The van der Waals surface area contributed by atoms with Gasteiger partial charge in [0.2, 0.25) is 5.91 Å². The van der Waals surface area contributed by atoms with Gasteiger partial charge in [-0.1, -0.05) is 49.4 Å². The standard InChI is InChI=1S/C19H18N2O2/c1-14-13-21(17-10-6-5-9-16(17)20-19(14)23)18(22)12-11-15-7-3-2-4-8-15/h2-12,14H,13H2,1H3,(H,20,23)/b12-11-/t14-/m0/s1. The van der Waals surface area contributed by atoms with Crippen LogP contribution in [0, 0.1) is 5.92 Å². The van der Waals surface area contributed by atoms with Crippen molar-refractivity contribution in [3.63, 3.8) is 0 Å². The predicted octanol–water partition coefficient (Wildman–Crippen LogP) is 3.32. The average Bonchev–Trinajstić information content (AvgIpc) is 2.71. The molecule has 0 aromatic heterocycles. The van der Waals surface area contributed by atoms with Crippen molar-refractivity contribution in [3.05, 3.63) is 66.2 Å². The zero-order valence-corrected chi connectivity index (χ0v) is 12.9. The lowest BCUT2D eigenvalue weighted by molar-refractivity contribution is -0.119. The van der Waals surface area contributed by atoms with Gasteiger partial charge in [-0.2, -0.15) is 0 Å². The maximum absolute atomic E-state index is 12.6. The van der Waals surface area contributed by atoms with Crippen molar-refractivity contribution < 1.29 is 9.59 Å². The minimum Gasteiger partial charge on any atom is -0.324 e. The third-order valence-corrected chi connectivity index (χ3v) is 3.84. The van der Waals surface area contributed by atoms with Crippen LogP contribution in [0.4, 0.5) is 11.4 Å². The van der Waals surface area contributed by atoms with Gasteiger partial charge < -0.3 is 10.2 Å². The number of hydrogen-bond donors (Lipinski definition) is 1. The molecule has 0 aliphatic carbocycles. The molecule has 0 bridgehead atoms. The van der Waals surface area contributed by atoms with Crippen LogP contribution in [0.1, 0.15) is 12.5 Å². The number of para-hydroxylation sites is 2. The second-order valence-electron chi connectivity index (χ2n) is 5.60. The number of hydrogen-bond acceptors (Lipinski definition) is 2. The third-order valence-electron chi connectivity index (χ3n) is 3.84. The molecule has 0 radical (unpaired) electrons. The Hall–Kier alpha value is -2.88. The first-order valence-electron chi connectivity index (χ1n) is 7.59. The Morgan fingerprint density at radius 2 is 1.83 bits per heavy atom. The van der Waals surface area contributed by atoms with Gasteiger partial charge in [-0.05, 0) is 23.8 Å². The summed E-state index contributed by atoms with van der Waals surface area (Å²) in [7, 11) is 0. The summed E-state index contributed by atoms with van der Waals surface area (Å²) in [4.78, 5) is 26.3. The molecule has 2 amide bonds. The van der Waals surface area contributed by atoms with E-state index in [2.05, 4.69) is 5.32 Å². The molecule has 4 nitrogen and oxygen atoms in total. The smallest absolute Gasteiger partial charge is 0.251 e. The quantitative estimate of drug-likeness (QED) is 0.865. The van der Waals surface area contributed by atoms with Crippen LogP contribution < -0.4 is 10.2 Å². The molecule has 0 spiro atoms. The molecule has 116 valence electrons. The summed E-state index contributed by atoms with van der Waals surface area (Å²) in [5.41, 5.74) is 2.36. The second-order valence-corrected chi connectivity index (χ2v) is 5.60. The second kappa shape index (κ2) is 6.48. The number of nitrogens with one attached hydrogen (secondary N) is 1. The van der Waals surface area contributed by atoms with Gasteiger partial charge in [0, 0.05) is 12.6 Å². The van der Waals surface area contributed by atoms with Crippen molar-refractivity contribution in [2.24, 2.45) is 5.92 Å². The van der Waals surface area contributed by atoms with Crippen molar-refractivity contribution in [2.75, 3.05) is 16.8 Å². The molecular weight excluding hydrogens is 288 g/mol. The summed E-state index contributed by atoms with van der Waals surface area (Å²) in [5, 5.41) is 2.87. The van der Waals surface area contributed by atoms with Gasteiger partial charge in [0.25, 0.3) is 5.91 Å². The molecular formula is C19H18N2O2. The van der Waals surface area contributed by atoms with Crippen LogP contribution in [0.2, 0.25) is 0 Å². The van der Waals surface area contributed by atoms with Gasteiger partial charge >= 0.3 is 0 Å². The van der Waals surface area contributed by atoms with Crippen LogP contribution in [-0.4, -0.2) is 18.4 Å². The topological polar surface area (TPSA) is 49.4 Å². The summed E-state index contributed by atoms with van der Waals surface area (Å²) in [6.07, 6.45) is 3.34. The van der Waals surface area contributed by atoms with E-state index in [4.69, 9.17) is 0 Å². The maximum atomic E-state index is 12.6. The van der Waals surface area contributed by atoms with E-state index in [9.17, 15) is 9.59 Å². The van der Waals surface area contributed by atoms with Crippen LogP contribution in [0.25, 0.3) is 6.08 Å². The Morgan fingerprint density at radius 1 is 1.13 bits per heavy atom. The molecule has 1 N–H and O–H groups in total. The minimum absolute atomic E-state index is 0.0696. The first-order chi connectivity index (χ1) is 11.1. The highest BCUT2D eigenvalue weighted by molar-refractivity contribution is 6.09. The Morgan fingerprint density at radius 3 is 2.61 bits per heavy atom. The average molecular weight is 306 g/mol. The maximum Gasteiger partial charge on any atom is 0.251 e. The molecule has 1 heterocycles. The van der Waals surface area contributed by atoms with Crippen molar-refractivity contribution in [1.29, 1.82) is 0 Å². The molecule has 0 saturated carbocycles. The van der Waals surface area contributed by atoms with Crippen molar-refractivity contribution in [2.45, 2.75) is 6.92 Å². The molecule has 0 saturated heterocycles. The summed E-state index contributed by atoms with van der Waals surface area (Å²) < 4.78 is 0. The summed E-state index contributed by atoms with van der Waals surface area (Å²) in [5.74, 6) is -0.471. The van der Waals surface area contributed by atoms with Crippen LogP contribution in [0.3, 0.4) is 0 Å². The van der Waals surface area contributed by atoms with E-state index in [0.29, 0.717) is 12.2 Å². The number of rotatable bonds is 2. The third kappa shape index (κ3) is 3.31. The molecule has 23 heavy (non-hydrogen) atoms. The molecule has 0 fully saturated rings. The lowest BCUT2D eigenvalue weighted by Crippen LogP contribution is -2.34. The number of nitrogens with zero attached hydrogens (tertiary/aromatic N) is 1. The van der Waals surface area contributed by atoms with E-state index >= 15 is 0 Å². The van der Waals surface area contributed by atoms with E-state index in [0.717, 1.165) is 11.3 Å². The van der Waals surface area contributed by atoms with Gasteiger partial charge in [-0.25, -0.2) is 0 Å². The molecule has 1 aliphatic heterocycles. The van der Waals surface area contributed by atoms with Crippen LogP contribution in [-0.2, 0) is 9.59 Å². The summed E-state index contributed by atoms with van der Waals surface area (Å²) in [6.45, 7) is 2.18. The van der Waals surface area contributed by atoms with Crippen molar-refractivity contribution in [3.8, 4) is 0 Å². The summed E-state index contributed by atoms with van der Waals surface area (Å²) >= 11 is 0. The SMILES string of the molecule is C[C@H]1CN(C(=O)/C=C\c2ccccc2)c2ccccc2NC1=O. The fraction of sp³-hybridized carbons (Fsp3) is 0.158. The highest BCUT2D eigenvalue weighted by Gasteiger charge is 2.27.